The number of aryl methyl sites for hydroxylation is 1. The number of rotatable bonds is 6. The number of carbonyl (C=O) groups excluding carboxylic acids is 1. The second-order valence-electron chi connectivity index (χ2n) is 7.60. The number of nitrogens with one attached hydrogen (secondary N) is 1. The largest absolute Gasteiger partial charge is 0.465 e. The van der Waals surface area contributed by atoms with Crippen LogP contribution in [0.4, 0.5) is 0 Å². The van der Waals surface area contributed by atoms with Gasteiger partial charge in [-0.05, 0) is 38.2 Å². The monoisotopic (exact) mass is 472 g/mol. The second kappa shape index (κ2) is 9.16. The summed E-state index contributed by atoms with van der Waals surface area (Å²) in [5, 5.41) is 6.95. The minimum atomic E-state index is -0.260. The molecule has 0 bridgehead atoms. The van der Waals surface area contributed by atoms with Crippen LogP contribution >= 0.6 is 15.9 Å². The average molecular weight is 473 g/mol. The van der Waals surface area contributed by atoms with Crippen LogP contribution in [-0.4, -0.2) is 60.6 Å². The molecule has 0 saturated carbocycles. The zero-order valence-electron chi connectivity index (χ0n) is 17.1. The highest BCUT2D eigenvalue weighted by Crippen LogP contribution is 2.25. The van der Waals surface area contributed by atoms with Gasteiger partial charge < -0.3 is 19.2 Å². The smallest absolute Gasteiger partial charge is 0.273 e. The summed E-state index contributed by atoms with van der Waals surface area (Å²) in [4.78, 5) is 17.4. The predicted molar refractivity (Wildman–Crippen MR) is 117 cm³/mol. The van der Waals surface area contributed by atoms with Crippen LogP contribution in [0, 0.1) is 6.92 Å². The maximum absolute atomic E-state index is 12.7. The summed E-state index contributed by atoms with van der Waals surface area (Å²) in [7, 11) is 2.12. The summed E-state index contributed by atoms with van der Waals surface area (Å²) < 4.78 is 12.2. The molecule has 8 heteroatoms. The van der Waals surface area contributed by atoms with E-state index in [4.69, 9.17) is 8.94 Å². The number of amides is 1. The Hall–Kier alpha value is -2.42. The van der Waals surface area contributed by atoms with E-state index in [0.29, 0.717) is 12.3 Å². The van der Waals surface area contributed by atoms with Crippen LogP contribution in [0.3, 0.4) is 0 Å². The normalized spacial score (nSPS) is 16.5. The Labute approximate surface area is 184 Å². The van der Waals surface area contributed by atoms with Crippen LogP contribution in [0.2, 0.25) is 0 Å². The Morgan fingerprint density at radius 3 is 2.57 bits per heavy atom. The predicted octanol–water partition coefficient (Wildman–Crippen LogP) is 3.72. The van der Waals surface area contributed by atoms with Crippen molar-refractivity contribution in [2.24, 2.45) is 0 Å². The molecule has 4 rings (SSSR count). The molecule has 1 amide bonds. The first-order valence-electron chi connectivity index (χ1n) is 9.99. The summed E-state index contributed by atoms with van der Waals surface area (Å²) in [5.74, 6) is 2.04. The van der Waals surface area contributed by atoms with Gasteiger partial charge in [0.15, 0.2) is 11.5 Å². The van der Waals surface area contributed by atoms with Crippen molar-refractivity contribution in [3.8, 4) is 11.3 Å². The highest BCUT2D eigenvalue weighted by molar-refractivity contribution is 9.10. The van der Waals surface area contributed by atoms with E-state index in [0.717, 1.165) is 47.7 Å². The molecule has 1 aliphatic rings. The fraction of sp³-hybridized carbons (Fsp3) is 0.364. The van der Waals surface area contributed by atoms with Crippen LogP contribution in [0.1, 0.15) is 28.1 Å². The number of piperazine rings is 1. The van der Waals surface area contributed by atoms with E-state index in [2.05, 4.69) is 43.3 Å². The van der Waals surface area contributed by atoms with E-state index in [9.17, 15) is 4.79 Å². The van der Waals surface area contributed by atoms with Crippen LogP contribution in [0.15, 0.2) is 55.9 Å². The molecule has 0 spiro atoms. The van der Waals surface area contributed by atoms with Gasteiger partial charge in [-0.15, -0.1) is 0 Å². The third kappa shape index (κ3) is 4.83. The lowest BCUT2D eigenvalue weighted by atomic mass is 10.1. The Bertz CT molecular complexity index is 990. The number of halogens is 1. The van der Waals surface area contributed by atoms with Gasteiger partial charge in [-0.1, -0.05) is 33.2 Å². The van der Waals surface area contributed by atoms with Crippen molar-refractivity contribution >= 4 is 21.8 Å². The summed E-state index contributed by atoms with van der Waals surface area (Å²) >= 11 is 3.41. The zero-order valence-corrected chi connectivity index (χ0v) is 18.7. The molecule has 7 nitrogen and oxygen atoms in total. The van der Waals surface area contributed by atoms with Gasteiger partial charge in [-0.2, -0.15) is 0 Å². The fourth-order valence-electron chi connectivity index (χ4n) is 3.59. The molecule has 2 aromatic heterocycles. The van der Waals surface area contributed by atoms with Gasteiger partial charge in [0.2, 0.25) is 0 Å². The topological polar surface area (TPSA) is 74.8 Å². The lowest BCUT2D eigenvalue weighted by Crippen LogP contribution is -2.48. The molecule has 1 saturated heterocycles. The quantitative estimate of drug-likeness (QED) is 0.588. The van der Waals surface area contributed by atoms with E-state index in [-0.39, 0.29) is 17.6 Å². The first-order chi connectivity index (χ1) is 14.5. The maximum atomic E-state index is 12.7. The standard InChI is InChI=1S/C22H25BrN4O3/c1-15-3-8-20(29-15)19(27-11-9-26(2)10-12-27)14-24-22(28)18-13-21(30-25-18)16-4-6-17(23)7-5-16/h3-8,13,19H,9-12,14H2,1-2H3,(H,24,28)/t19-/m1/s1. The SMILES string of the molecule is Cc1ccc([C@@H](CNC(=O)c2cc(-c3ccc(Br)cc3)on2)N2CCN(C)CC2)o1. The summed E-state index contributed by atoms with van der Waals surface area (Å²) in [5.41, 5.74) is 1.13. The van der Waals surface area contributed by atoms with Crippen molar-refractivity contribution in [3.05, 3.63) is 64.2 Å². The molecule has 0 unspecified atom stereocenters. The molecule has 3 heterocycles. The van der Waals surface area contributed by atoms with Gasteiger partial charge in [0.05, 0.1) is 6.04 Å². The number of aromatic nitrogens is 1. The molecule has 1 aliphatic heterocycles. The van der Waals surface area contributed by atoms with E-state index in [1.165, 1.54) is 0 Å². The van der Waals surface area contributed by atoms with Crippen molar-refractivity contribution in [2.45, 2.75) is 13.0 Å². The van der Waals surface area contributed by atoms with Crippen LogP contribution < -0.4 is 5.32 Å². The van der Waals surface area contributed by atoms with E-state index >= 15 is 0 Å². The van der Waals surface area contributed by atoms with Crippen molar-refractivity contribution in [1.29, 1.82) is 0 Å². The van der Waals surface area contributed by atoms with Gasteiger partial charge in [0.1, 0.15) is 11.5 Å². The Morgan fingerprint density at radius 1 is 1.17 bits per heavy atom. The second-order valence-corrected chi connectivity index (χ2v) is 8.51. The third-order valence-corrected chi connectivity index (χ3v) is 5.92. The number of nitrogens with zero attached hydrogens (tertiary/aromatic N) is 3. The average Bonchev–Trinajstić information content (AvgIpc) is 3.39. The summed E-state index contributed by atoms with van der Waals surface area (Å²) in [6.45, 7) is 6.20. The zero-order chi connectivity index (χ0) is 21.1. The van der Waals surface area contributed by atoms with Gasteiger partial charge >= 0.3 is 0 Å². The van der Waals surface area contributed by atoms with Crippen molar-refractivity contribution in [3.63, 3.8) is 0 Å². The number of benzene rings is 1. The molecule has 30 heavy (non-hydrogen) atoms. The molecule has 1 atom stereocenters. The number of hydrogen-bond acceptors (Lipinski definition) is 6. The minimum absolute atomic E-state index is 0.0193. The summed E-state index contributed by atoms with van der Waals surface area (Å²) in [6.07, 6.45) is 0. The van der Waals surface area contributed by atoms with Crippen LogP contribution in [0.5, 0.6) is 0 Å². The minimum Gasteiger partial charge on any atom is -0.465 e. The molecular weight excluding hydrogens is 448 g/mol. The van der Waals surface area contributed by atoms with Gasteiger partial charge in [0, 0.05) is 48.8 Å². The van der Waals surface area contributed by atoms with Crippen LogP contribution in [-0.2, 0) is 0 Å². The van der Waals surface area contributed by atoms with Gasteiger partial charge in [-0.25, -0.2) is 0 Å². The molecule has 158 valence electrons. The van der Waals surface area contributed by atoms with Crippen molar-refractivity contribution < 1.29 is 13.7 Å². The molecule has 1 aromatic carbocycles. The first kappa shape index (κ1) is 20.8. The lowest BCUT2D eigenvalue weighted by Gasteiger charge is -2.37. The number of furan rings is 1. The molecule has 1 N–H and O–H groups in total. The lowest BCUT2D eigenvalue weighted by molar-refractivity contribution is 0.0843. The van der Waals surface area contributed by atoms with Crippen LogP contribution in [0.25, 0.3) is 11.3 Å². The van der Waals surface area contributed by atoms with Gasteiger partial charge in [-0.3, -0.25) is 9.69 Å². The first-order valence-corrected chi connectivity index (χ1v) is 10.8. The highest BCUT2D eigenvalue weighted by atomic mass is 79.9. The van der Waals surface area contributed by atoms with Crippen molar-refractivity contribution in [2.75, 3.05) is 39.8 Å². The molecule has 0 aliphatic carbocycles. The van der Waals surface area contributed by atoms with Gasteiger partial charge in [0.25, 0.3) is 5.91 Å². The molecule has 1 fully saturated rings. The maximum Gasteiger partial charge on any atom is 0.273 e. The fourth-order valence-corrected chi connectivity index (χ4v) is 3.85. The Balaban J connectivity index is 1.44. The van der Waals surface area contributed by atoms with E-state index in [1.54, 1.807) is 6.07 Å². The van der Waals surface area contributed by atoms with Crippen molar-refractivity contribution in [1.82, 2.24) is 20.3 Å². The molecule has 3 aromatic rings. The molecule has 0 radical (unpaired) electrons. The van der Waals surface area contributed by atoms with E-state index in [1.807, 2.05) is 43.3 Å². The van der Waals surface area contributed by atoms with E-state index < -0.39 is 0 Å². The molecular formula is C22H25BrN4O3. The third-order valence-electron chi connectivity index (χ3n) is 5.40. The Kier molecular flexibility index (Phi) is 6.36. The Morgan fingerprint density at radius 2 is 1.90 bits per heavy atom. The number of carbonyl (C=O) groups is 1. The number of likely N-dealkylation sites (N-methyl/N-ethyl adjacent to an activating group) is 1. The number of hydrogen-bond donors (Lipinski definition) is 1. The highest BCUT2D eigenvalue weighted by Gasteiger charge is 2.27. The summed E-state index contributed by atoms with van der Waals surface area (Å²) in [6, 6.07) is 13.3.